The van der Waals surface area contributed by atoms with Gasteiger partial charge in [-0.15, -0.1) is 0 Å². The fourth-order valence-electron chi connectivity index (χ4n) is 2.29. The molecule has 110 valence electrons. The molecule has 0 bridgehead atoms. The van der Waals surface area contributed by atoms with Gasteiger partial charge in [0.25, 0.3) is 5.56 Å². The Labute approximate surface area is 125 Å². The first kappa shape index (κ1) is 13.9. The molecule has 0 aliphatic rings. The van der Waals surface area contributed by atoms with E-state index >= 15 is 0 Å². The first-order valence-electron chi connectivity index (χ1n) is 6.72. The summed E-state index contributed by atoms with van der Waals surface area (Å²) in [6.45, 7) is 0.189. The van der Waals surface area contributed by atoms with Gasteiger partial charge in [-0.05, 0) is 17.7 Å². The fourth-order valence-corrected chi connectivity index (χ4v) is 2.29. The third kappa shape index (κ3) is 2.56. The van der Waals surface area contributed by atoms with Crippen LogP contribution in [-0.2, 0) is 6.61 Å². The van der Waals surface area contributed by atoms with E-state index in [-0.39, 0.29) is 17.9 Å². The van der Waals surface area contributed by atoms with Crippen molar-refractivity contribution >= 4 is 16.9 Å². The molecule has 0 radical (unpaired) electrons. The molecular weight excluding hydrogens is 282 g/mol. The molecule has 0 saturated carbocycles. The van der Waals surface area contributed by atoms with Crippen molar-refractivity contribution in [1.29, 1.82) is 0 Å². The van der Waals surface area contributed by atoms with Crippen LogP contribution in [0.3, 0.4) is 0 Å². The fraction of sp³-hybridized carbons (Fsp3) is 0.0588. The second-order valence-corrected chi connectivity index (χ2v) is 4.78. The lowest BCUT2D eigenvalue weighted by Gasteiger charge is -2.12. The van der Waals surface area contributed by atoms with Crippen LogP contribution in [-0.4, -0.2) is 16.1 Å². The molecule has 3 rings (SSSR count). The van der Waals surface area contributed by atoms with Crippen LogP contribution in [0.25, 0.3) is 10.9 Å². The third-order valence-corrected chi connectivity index (χ3v) is 3.31. The van der Waals surface area contributed by atoms with E-state index in [1.807, 2.05) is 30.3 Å². The lowest BCUT2D eigenvalue weighted by molar-refractivity contribution is 0.0690. The van der Waals surface area contributed by atoms with Crippen molar-refractivity contribution in [2.24, 2.45) is 0 Å². The molecule has 5 nitrogen and oxygen atoms in total. The number of para-hydroxylation sites is 1. The van der Waals surface area contributed by atoms with Crippen molar-refractivity contribution in [3.8, 4) is 5.75 Å². The average molecular weight is 295 g/mol. The Morgan fingerprint density at radius 3 is 2.45 bits per heavy atom. The second-order valence-electron chi connectivity index (χ2n) is 4.78. The number of fused-ring (bicyclic) bond motifs is 1. The molecule has 0 amide bonds. The number of nitrogens with one attached hydrogen (secondary N) is 1. The maximum Gasteiger partial charge on any atom is 0.345 e. The van der Waals surface area contributed by atoms with Crippen molar-refractivity contribution in [3.63, 3.8) is 0 Å². The number of carboxylic acid groups (broad SMARTS) is 1. The summed E-state index contributed by atoms with van der Waals surface area (Å²) in [6.07, 6.45) is 0. The molecule has 0 fully saturated rings. The Hall–Kier alpha value is -3.08. The monoisotopic (exact) mass is 295 g/mol. The molecule has 0 atom stereocenters. The summed E-state index contributed by atoms with van der Waals surface area (Å²) >= 11 is 0. The zero-order valence-corrected chi connectivity index (χ0v) is 11.6. The first-order valence-corrected chi connectivity index (χ1v) is 6.72. The number of aromatic carboxylic acids is 1. The van der Waals surface area contributed by atoms with Crippen LogP contribution < -0.4 is 10.3 Å². The number of hydrogen-bond donors (Lipinski definition) is 2. The summed E-state index contributed by atoms with van der Waals surface area (Å²) in [5.74, 6) is -1.22. The molecule has 0 saturated heterocycles. The van der Waals surface area contributed by atoms with Crippen molar-refractivity contribution in [3.05, 3.63) is 76.1 Å². The van der Waals surface area contributed by atoms with Gasteiger partial charge in [-0.2, -0.15) is 0 Å². The topological polar surface area (TPSA) is 79.4 Å². The van der Waals surface area contributed by atoms with E-state index in [4.69, 9.17) is 4.74 Å². The maximum absolute atomic E-state index is 12.0. The second kappa shape index (κ2) is 5.73. The summed E-state index contributed by atoms with van der Waals surface area (Å²) in [6, 6.07) is 16.3. The highest BCUT2D eigenvalue weighted by Crippen LogP contribution is 2.27. The van der Waals surface area contributed by atoms with Crippen molar-refractivity contribution in [2.75, 3.05) is 0 Å². The molecule has 3 aromatic rings. The van der Waals surface area contributed by atoms with E-state index in [0.717, 1.165) is 5.56 Å². The molecule has 0 spiro atoms. The Morgan fingerprint density at radius 1 is 1.05 bits per heavy atom. The maximum atomic E-state index is 12.0. The first-order chi connectivity index (χ1) is 10.7. The molecule has 2 N–H and O–H groups in total. The number of pyridine rings is 1. The predicted octanol–water partition coefficient (Wildman–Crippen LogP) is 2.81. The van der Waals surface area contributed by atoms with E-state index in [1.165, 1.54) is 0 Å². The van der Waals surface area contributed by atoms with Gasteiger partial charge >= 0.3 is 5.97 Å². The van der Waals surface area contributed by atoms with E-state index in [1.54, 1.807) is 24.3 Å². The Kier molecular flexibility index (Phi) is 3.62. The van der Waals surface area contributed by atoms with Crippen molar-refractivity contribution < 1.29 is 14.6 Å². The number of carboxylic acids is 1. The minimum Gasteiger partial charge on any atom is -0.487 e. The smallest absolute Gasteiger partial charge is 0.345 e. The molecule has 1 aromatic heterocycles. The largest absolute Gasteiger partial charge is 0.487 e. The highest BCUT2D eigenvalue weighted by molar-refractivity contribution is 5.98. The number of aromatic amines is 1. The number of H-pyrrole nitrogens is 1. The molecule has 1 heterocycles. The normalized spacial score (nSPS) is 10.5. The molecule has 5 heteroatoms. The van der Waals surface area contributed by atoms with Crippen molar-refractivity contribution in [2.45, 2.75) is 6.61 Å². The Bertz CT molecular complexity index is 884. The highest BCUT2D eigenvalue weighted by Gasteiger charge is 2.20. The molecule has 22 heavy (non-hydrogen) atoms. The van der Waals surface area contributed by atoms with Gasteiger partial charge < -0.3 is 14.8 Å². The van der Waals surface area contributed by atoms with Crippen LogP contribution in [0.5, 0.6) is 5.75 Å². The van der Waals surface area contributed by atoms with Crippen LogP contribution in [0.2, 0.25) is 0 Å². The van der Waals surface area contributed by atoms with Crippen LogP contribution in [0.15, 0.2) is 59.4 Å². The van der Waals surface area contributed by atoms with E-state index in [0.29, 0.717) is 10.9 Å². The van der Waals surface area contributed by atoms with Gasteiger partial charge in [0.1, 0.15) is 12.4 Å². The number of ether oxygens (including phenoxy) is 1. The average Bonchev–Trinajstić information content (AvgIpc) is 2.52. The zero-order chi connectivity index (χ0) is 15.5. The van der Waals surface area contributed by atoms with Gasteiger partial charge in [0.2, 0.25) is 0 Å². The standard InChI is InChI=1S/C17H13NO4/c19-16-14(17(20)21)15(12-8-4-5-9-13(12)18-16)22-10-11-6-2-1-3-7-11/h1-9H,10H2,(H,18,19)(H,20,21). The summed E-state index contributed by atoms with van der Waals surface area (Å²) < 4.78 is 5.68. The van der Waals surface area contributed by atoms with Gasteiger partial charge in [0, 0.05) is 5.39 Å². The van der Waals surface area contributed by atoms with Crippen molar-refractivity contribution in [1.82, 2.24) is 4.98 Å². The number of aromatic nitrogens is 1. The minimum atomic E-state index is -1.31. The quantitative estimate of drug-likeness (QED) is 0.775. The SMILES string of the molecule is O=C(O)c1c(OCc2ccccc2)c2ccccc2[nH]c1=O. The number of benzene rings is 2. The zero-order valence-electron chi connectivity index (χ0n) is 11.6. The predicted molar refractivity (Wildman–Crippen MR) is 82.3 cm³/mol. The number of rotatable bonds is 4. The molecule has 2 aromatic carbocycles. The van der Waals surface area contributed by atoms with Crippen LogP contribution in [0.4, 0.5) is 0 Å². The minimum absolute atomic E-state index is 0.0932. The summed E-state index contributed by atoms with van der Waals surface area (Å²) in [4.78, 5) is 25.9. The van der Waals surface area contributed by atoms with Gasteiger partial charge in [-0.25, -0.2) is 4.79 Å². The van der Waals surface area contributed by atoms with Gasteiger partial charge in [-0.1, -0.05) is 42.5 Å². The molecule has 0 aliphatic carbocycles. The van der Waals surface area contributed by atoms with Crippen LogP contribution in [0, 0.1) is 0 Å². The van der Waals surface area contributed by atoms with Crippen LogP contribution in [0.1, 0.15) is 15.9 Å². The Balaban J connectivity index is 2.11. The van der Waals surface area contributed by atoms with Gasteiger partial charge in [0.15, 0.2) is 5.56 Å². The third-order valence-electron chi connectivity index (χ3n) is 3.31. The lowest BCUT2D eigenvalue weighted by Crippen LogP contribution is -2.19. The Morgan fingerprint density at radius 2 is 1.73 bits per heavy atom. The van der Waals surface area contributed by atoms with Crippen LogP contribution >= 0.6 is 0 Å². The number of hydrogen-bond acceptors (Lipinski definition) is 3. The number of carbonyl (C=O) groups is 1. The van der Waals surface area contributed by atoms with Gasteiger partial charge in [0.05, 0.1) is 5.52 Å². The molecule has 0 aliphatic heterocycles. The lowest BCUT2D eigenvalue weighted by atomic mass is 10.1. The summed E-state index contributed by atoms with van der Waals surface area (Å²) in [5.41, 5.74) is 0.382. The van der Waals surface area contributed by atoms with E-state index < -0.39 is 11.5 Å². The van der Waals surface area contributed by atoms with E-state index in [9.17, 15) is 14.7 Å². The molecule has 0 unspecified atom stereocenters. The van der Waals surface area contributed by atoms with Gasteiger partial charge in [-0.3, -0.25) is 4.79 Å². The highest BCUT2D eigenvalue weighted by atomic mass is 16.5. The molecular formula is C17H13NO4. The summed E-state index contributed by atoms with van der Waals surface area (Å²) in [5, 5.41) is 9.87. The van der Waals surface area contributed by atoms with E-state index in [2.05, 4.69) is 4.98 Å². The summed E-state index contributed by atoms with van der Waals surface area (Å²) in [7, 11) is 0.